The maximum Gasteiger partial charge on any atom is 0.162 e. The molecule has 1 aliphatic rings. The third-order valence-electron chi connectivity index (χ3n) is 4.24. The molecule has 4 rings (SSSR count). The molecule has 0 saturated carbocycles. The van der Waals surface area contributed by atoms with Crippen LogP contribution < -0.4 is 5.73 Å². The molecule has 0 saturated heterocycles. The molecule has 0 amide bonds. The first-order valence-electron chi connectivity index (χ1n) is 7.37. The van der Waals surface area contributed by atoms with Crippen LogP contribution in [0.5, 0.6) is 0 Å². The predicted octanol–water partition coefficient (Wildman–Crippen LogP) is 3.68. The van der Waals surface area contributed by atoms with Gasteiger partial charge in [0.15, 0.2) is 5.82 Å². The van der Waals surface area contributed by atoms with E-state index in [1.807, 2.05) is 19.1 Å². The van der Waals surface area contributed by atoms with Crippen LogP contribution in [0.3, 0.4) is 0 Å². The molecule has 2 aromatic carbocycles. The largest absolute Gasteiger partial charge is 0.383 e. The van der Waals surface area contributed by atoms with E-state index in [4.69, 9.17) is 5.73 Å². The highest BCUT2D eigenvalue weighted by Crippen LogP contribution is 2.28. The SMILES string of the molecule is Cc1ccc2nc(-c3ccc4c(c3)CCC4)nc(N)c2c1. The van der Waals surface area contributed by atoms with Gasteiger partial charge in [-0.3, -0.25) is 0 Å². The Kier molecular flexibility index (Phi) is 2.67. The lowest BCUT2D eigenvalue weighted by Gasteiger charge is -2.08. The van der Waals surface area contributed by atoms with Crippen molar-refractivity contribution >= 4 is 16.7 Å². The monoisotopic (exact) mass is 275 g/mol. The van der Waals surface area contributed by atoms with Gasteiger partial charge >= 0.3 is 0 Å². The van der Waals surface area contributed by atoms with Crippen molar-refractivity contribution in [3.8, 4) is 11.4 Å². The number of nitrogens with two attached hydrogens (primary N) is 1. The summed E-state index contributed by atoms with van der Waals surface area (Å²) < 4.78 is 0. The van der Waals surface area contributed by atoms with E-state index >= 15 is 0 Å². The molecule has 104 valence electrons. The molecular formula is C18H17N3. The third-order valence-corrected chi connectivity index (χ3v) is 4.24. The summed E-state index contributed by atoms with van der Waals surface area (Å²) in [5, 5.41) is 0.930. The Morgan fingerprint density at radius 3 is 2.71 bits per heavy atom. The minimum Gasteiger partial charge on any atom is -0.383 e. The highest BCUT2D eigenvalue weighted by molar-refractivity contribution is 5.90. The smallest absolute Gasteiger partial charge is 0.162 e. The van der Waals surface area contributed by atoms with E-state index in [1.165, 1.54) is 29.5 Å². The summed E-state index contributed by atoms with van der Waals surface area (Å²) >= 11 is 0. The average molecular weight is 275 g/mol. The Bertz CT molecular complexity index is 852. The van der Waals surface area contributed by atoms with Gasteiger partial charge in [0.05, 0.1) is 5.52 Å². The summed E-state index contributed by atoms with van der Waals surface area (Å²) in [6.45, 7) is 2.05. The second-order valence-corrected chi connectivity index (χ2v) is 5.79. The number of nitrogens with zero attached hydrogens (tertiary/aromatic N) is 2. The van der Waals surface area contributed by atoms with Crippen molar-refractivity contribution in [1.82, 2.24) is 9.97 Å². The highest BCUT2D eigenvalue weighted by atomic mass is 14.9. The van der Waals surface area contributed by atoms with Crippen molar-refractivity contribution in [1.29, 1.82) is 0 Å². The van der Waals surface area contributed by atoms with Crippen LogP contribution in [-0.4, -0.2) is 9.97 Å². The zero-order valence-corrected chi connectivity index (χ0v) is 12.1. The van der Waals surface area contributed by atoms with E-state index in [-0.39, 0.29) is 0 Å². The minimum atomic E-state index is 0.555. The predicted molar refractivity (Wildman–Crippen MR) is 86.1 cm³/mol. The van der Waals surface area contributed by atoms with Gasteiger partial charge in [0.25, 0.3) is 0 Å². The standard InChI is InChI=1S/C18H17N3/c1-11-5-8-16-15(9-11)17(19)21-18(20-16)14-7-6-12-3-2-4-13(12)10-14/h5-10H,2-4H2,1H3,(H2,19,20,21). The zero-order valence-electron chi connectivity index (χ0n) is 12.1. The molecule has 3 heteroatoms. The fraction of sp³-hybridized carbons (Fsp3) is 0.222. The molecule has 0 unspecified atom stereocenters. The number of rotatable bonds is 1. The summed E-state index contributed by atoms with van der Waals surface area (Å²) in [5.41, 5.74) is 12.2. The van der Waals surface area contributed by atoms with E-state index in [9.17, 15) is 0 Å². The van der Waals surface area contributed by atoms with Crippen molar-refractivity contribution < 1.29 is 0 Å². The van der Waals surface area contributed by atoms with Gasteiger partial charge in [-0.1, -0.05) is 23.8 Å². The van der Waals surface area contributed by atoms with Crippen LogP contribution in [0.25, 0.3) is 22.3 Å². The number of hydrogen-bond acceptors (Lipinski definition) is 3. The number of anilines is 1. The average Bonchev–Trinajstić information content (AvgIpc) is 2.95. The minimum absolute atomic E-state index is 0.555. The maximum atomic E-state index is 6.12. The topological polar surface area (TPSA) is 51.8 Å². The van der Waals surface area contributed by atoms with Crippen LogP contribution in [-0.2, 0) is 12.8 Å². The van der Waals surface area contributed by atoms with Gasteiger partial charge in [0, 0.05) is 10.9 Å². The van der Waals surface area contributed by atoms with Gasteiger partial charge < -0.3 is 5.73 Å². The number of nitrogen functional groups attached to an aromatic ring is 1. The van der Waals surface area contributed by atoms with E-state index in [1.54, 1.807) is 0 Å². The van der Waals surface area contributed by atoms with Crippen LogP contribution in [0, 0.1) is 6.92 Å². The normalized spacial score (nSPS) is 13.6. The Morgan fingerprint density at radius 2 is 1.81 bits per heavy atom. The first-order valence-corrected chi connectivity index (χ1v) is 7.37. The van der Waals surface area contributed by atoms with E-state index in [0.29, 0.717) is 5.82 Å². The lowest BCUT2D eigenvalue weighted by atomic mass is 10.1. The summed E-state index contributed by atoms with van der Waals surface area (Å²) in [6, 6.07) is 12.6. The molecule has 3 aromatic rings. The summed E-state index contributed by atoms with van der Waals surface area (Å²) in [6.07, 6.45) is 3.60. The molecule has 1 aliphatic carbocycles. The molecular weight excluding hydrogens is 258 g/mol. The Labute approximate surface area is 123 Å². The van der Waals surface area contributed by atoms with Crippen LogP contribution in [0.15, 0.2) is 36.4 Å². The number of fused-ring (bicyclic) bond motifs is 2. The summed E-state index contributed by atoms with van der Waals surface area (Å²) in [7, 11) is 0. The molecule has 21 heavy (non-hydrogen) atoms. The summed E-state index contributed by atoms with van der Waals surface area (Å²) in [5.74, 6) is 1.28. The zero-order chi connectivity index (χ0) is 14.4. The molecule has 0 atom stereocenters. The second-order valence-electron chi connectivity index (χ2n) is 5.79. The number of aromatic nitrogens is 2. The fourth-order valence-corrected chi connectivity index (χ4v) is 3.11. The first-order chi connectivity index (χ1) is 10.2. The van der Waals surface area contributed by atoms with Crippen molar-refractivity contribution in [2.24, 2.45) is 0 Å². The molecule has 0 fully saturated rings. The van der Waals surface area contributed by atoms with Crippen LogP contribution in [0.2, 0.25) is 0 Å². The van der Waals surface area contributed by atoms with E-state index in [2.05, 4.69) is 34.2 Å². The first kappa shape index (κ1) is 12.3. The fourth-order valence-electron chi connectivity index (χ4n) is 3.11. The van der Waals surface area contributed by atoms with Gasteiger partial charge in [-0.25, -0.2) is 9.97 Å². The molecule has 3 nitrogen and oxygen atoms in total. The Morgan fingerprint density at radius 1 is 0.952 bits per heavy atom. The van der Waals surface area contributed by atoms with Crippen molar-refractivity contribution in [2.45, 2.75) is 26.2 Å². The Balaban J connectivity index is 1.89. The number of benzene rings is 2. The molecule has 0 aliphatic heterocycles. The van der Waals surface area contributed by atoms with E-state index < -0.39 is 0 Å². The quantitative estimate of drug-likeness (QED) is 0.737. The molecule has 1 aromatic heterocycles. The molecule has 1 heterocycles. The van der Waals surface area contributed by atoms with Crippen molar-refractivity contribution in [3.05, 3.63) is 53.1 Å². The highest BCUT2D eigenvalue weighted by Gasteiger charge is 2.13. The third kappa shape index (κ3) is 2.05. The maximum absolute atomic E-state index is 6.12. The molecule has 0 bridgehead atoms. The van der Waals surface area contributed by atoms with Gasteiger partial charge in [0.2, 0.25) is 0 Å². The van der Waals surface area contributed by atoms with Crippen LogP contribution >= 0.6 is 0 Å². The molecule has 2 N–H and O–H groups in total. The molecule has 0 spiro atoms. The lowest BCUT2D eigenvalue weighted by Crippen LogP contribution is -1.98. The van der Waals surface area contributed by atoms with Crippen LogP contribution in [0.4, 0.5) is 5.82 Å². The van der Waals surface area contributed by atoms with Gasteiger partial charge in [-0.05, 0) is 55.5 Å². The molecule has 0 radical (unpaired) electrons. The van der Waals surface area contributed by atoms with Gasteiger partial charge in [-0.2, -0.15) is 0 Å². The second kappa shape index (κ2) is 4.55. The Hall–Kier alpha value is -2.42. The van der Waals surface area contributed by atoms with Crippen molar-refractivity contribution in [2.75, 3.05) is 5.73 Å². The van der Waals surface area contributed by atoms with Crippen LogP contribution in [0.1, 0.15) is 23.1 Å². The number of aryl methyl sites for hydroxylation is 3. The lowest BCUT2D eigenvalue weighted by molar-refractivity contribution is 0.912. The van der Waals surface area contributed by atoms with E-state index in [0.717, 1.165) is 28.7 Å². The van der Waals surface area contributed by atoms with Gasteiger partial charge in [-0.15, -0.1) is 0 Å². The van der Waals surface area contributed by atoms with Gasteiger partial charge in [0.1, 0.15) is 5.82 Å². The summed E-state index contributed by atoms with van der Waals surface area (Å²) in [4.78, 5) is 9.19. The number of hydrogen-bond donors (Lipinski definition) is 1. The van der Waals surface area contributed by atoms with Crippen molar-refractivity contribution in [3.63, 3.8) is 0 Å².